The van der Waals surface area contributed by atoms with Gasteiger partial charge in [-0.2, -0.15) is 0 Å². The van der Waals surface area contributed by atoms with Gasteiger partial charge in [-0.05, 0) is 0 Å². The summed E-state index contributed by atoms with van der Waals surface area (Å²) in [6.07, 6.45) is 0. The molecule has 0 aromatic rings. The Bertz CT molecular complexity index is 175. The van der Waals surface area contributed by atoms with Crippen molar-refractivity contribution in [3.8, 4) is 0 Å². The normalized spacial score (nSPS) is 11.1. The molecule has 0 aromatic carbocycles. The first-order valence-corrected chi connectivity index (χ1v) is 3.40. The van der Waals surface area contributed by atoms with E-state index in [4.69, 9.17) is 4.91 Å². The van der Waals surface area contributed by atoms with E-state index < -0.39 is 18.3 Å². The quantitative estimate of drug-likeness (QED) is 0.440. The molecule has 0 radical (unpaired) electrons. The summed E-state index contributed by atoms with van der Waals surface area (Å²) in [6.45, 7) is 0. The molecule has 8 nitrogen and oxygen atoms in total. The van der Waals surface area contributed by atoms with Gasteiger partial charge in [-0.25, -0.2) is 0 Å². The molecule has 0 aliphatic carbocycles. The number of nitrogens with zero attached hydrogens (tertiary/aromatic N) is 6. The Kier molecular flexibility index (Phi) is 6.37. The average molecular weight is 311 g/mol. The van der Waals surface area contributed by atoms with Crippen LogP contribution in [0.3, 0.4) is 0 Å². The third-order valence-electron chi connectivity index (χ3n) is 0.211. The van der Waals surface area contributed by atoms with Crippen LogP contribution in [0.5, 0.6) is 0 Å². The van der Waals surface area contributed by atoms with Gasteiger partial charge in [0.15, 0.2) is 0 Å². The molecular formula is N6O2Pt. The first-order valence-electron chi connectivity index (χ1n) is 1.45. The zero-order valence-corrected chi connectivity index (χ0v) is 6.09. The molecular weight excluding hydrogens is 311 g/mol. The Balaban J connectivity index is 3.58. The first kappa shape index (κ1) is 8.09. The van der Waals surface area contributed by atoms with Crippen molar-refractivity contribution in [2.45, 2.75) is 0 Å². The second-order valence-corrected chi connectivity index (χ2v) is 1.43. The minimum absolute atomic E-state index is 1.52. The van der Waals surface area contributed by atoms with Gasteiger partial charge in [0.05, 0.1) is 0 Å². The molecule has 0 aromatic heterocycles. The summed E-state index contributed by atoms with van der Waals surface area (Å²) in [5.74, 6) is 0. The standard InChI is InChI=1S/N6O.O.Pt/c1-2-3-4-5-6-7;;/b3-2+,5-4+;;. The molecule has 0 saturated heterocycles. The molecule has 0 spiro atoms. The van der Waals surface area contributed by atoms with Gasteiger partial charge in [-0.1, -0.05) is 0 Å². The molecule has 0 rings (SSSR count). The third-order valence-corrected chi connectivity index (χ3v) is 0.599. The average Bonchev–Trinajstić information content (AvgIpc) is 1.89. The van der Waals surface area contributed by atoms with Crippen LogP contribution < -0.4 is 0 Å². The molecule has 0 unspecified atom stereocenters. The predicted molar refractivity (Wildman–Crippen MR) is 18.6 cm³/mol. The third kappa shape index (κ3) is 7.09. The van der Waals surface area contributed by atoms with Crippen LogP contribution in [0.15, 0.2) is 29.8 Å². The van der Waals surface area contributed by atoms with Crippen LogP contribution in [-0.4, -0.2) is 0 Å². The molecule has 0 heterocycles. The maximum absolute atomic E-state index is 9.60. The summed E-state index contributed by atoms with van der Waals surface area (Å²) in [5, 5.41) is 12.9. The fourth-order valence-electron chi connectivity index (χ4n) is 0.0763. The van der Waals surface area contributed by atoms with Crippen molar-refractivity contribution in [1.82, 2.24) is 0 Å². The van der Waals surface area contributed by atoms with Crippen LogP contribution in [-0.2, 0) is 21.7 Å². The van der Waals surface area contributed by atoms with Crippen LogP contribution in [0.2, 0.25) is 0 Å². The van der Waals surface area contributed by atoms with Crippen molar-refractivity contribution in [2.24, 2.45) is 29.8 Å². The van der Waals surface area contributed by atoms with E-state index in [2.05, 4.69) is 24.5 Å². The summed E-state index contributed by atoms with van der Waals surface area (Å²) in [6, 6.07) is 0. The van der Waals surface area contributed by atoms with Crippen molar-refractivity contribution in [2.75, 3.05) is 0 Å². The van der Waals surface area contributed by atoms with Crippen LogP contribution in [0.4, 0.5) is 0 Å². The van der Waals surface area contributed by atoms with Crippen molar-refractivity contribution in [3.63, 3.8) is 0 Å². The zero-order valence-electron chi connectivity index (χ0n) is 3.82. The number of hydrogen-bond donors (Lipinski definition) is 0. The molecule has 0 amide bonds. The van der Waals surface area contributed by atoms with E-state index in [0.717, 1.165) is 0 Å². The van der Waals surface area contributed by atoms with E-state index in [9.17, 15) is 3.40 Å². The van der Waals surface area contributed by atoms with Crippen molar-refractivity contribution < 1.29 is 21.7 Å². The summed E-state index contributed by atoms with van der Waals surface area (Å²) in [5.41, 5.74) is 0. The molecule has 0 bridgehead atoms. The van der Waals surface area contributed by atoms with Crippen molar-refractivity contribution in [3.05, 3.63) is 4.91 Å². The molecule has 0 fully saturated rings. The topological polar surface area (TPSA) is 108 Å². The van der Waals surface area contributed by atoms with Crippen molar-refractivity contribution >= 4 is 0 Å². The van der Waals surface area contributed by atoms with E-state index in [1.165, 1.54) is 0 Å². The Morgan fingerprint density at radius 2 is 1.67 bits per heavy atom. The number of nitroso groups, excluding NO2 is 1. The summed E-state index contributed by atoms with van der Waals surface area (Å²) < 4.78 is 12.6. The van der Waals surface area contributed by atoms with Crippen molar-refractivity contribution in [1.29, 1.82) is 0 Å². The fraction of sp³-hybridized carbons (Fsp3) is 0. The monoisotopic (exact) mass is 311 g/mol. The minimum atomic E-state index is -1.52. The second-order valence-electron chi connectivity index (χ2n) is 0.560. The van der Waals surface area contributed by atoms with Gasteiger partial charge < -0.3 is 0 Å². The molecule has 9 heavy (non-hydrogen) atoms. The van der Waals surface area contributed by atoms with Gasteiger partial charge in [0.25, 0.3) is 0 Å². The summed E-state index contributed by atoms with van der Waals surface area (Å²) >= 11 is -1.52. The Hall–Kier alpha value is -0.912. The Labute approximate surface area is 57.0 Å². The van der Waals surface area contributed by atoms with Crippen LogP contribution in [0, 0.1) is 4.91 Å². The van der Waals surface area contributed by atoms with Crippen LogP contribution >= 0.6 is 0 Å². The molecule has 0 N–H and O–H groups in total. The molecule has 0 aliphatic heterocycles. The SMILES string of the molecule is O=N/N=N/N=N/[N]=[Pt]=[O]. The predicted octanol–water partition coefficient (Wildman–Crippen LogP) is 1.01. The summed E-state index contributed by atoms with van der Waals surface area (Å²) in [4.78, 5) is 9.14. The Morgan fingerprint density at radius 3 is 2.22 bits per heavy atom. The van der Waals surface area contributed by atoms with Gasteiger partial charge >= 0.3 is 56.4 Å². The molecule has 0 atom stereocenters. The van der Waals surface area contributed by atoms with Gasteiger partial charge in [0, 0.05) is 0 Å². The van der Waals surface area contributed by atoms with Crippen LogP contribution in [0.25, 0.3) is 0 Å². The molecule has 0 aliphatic rings. The first-order chi connectivity index (χ1) is 4.41. The molecule has 0 saturated carbocycles. The van der Waals surface area contributed by atoms with E-state index in [0.29, 0.717) is 0 Å². The van der Waals surface area contributed by atoms with Gasteiger partial charge in [0.1, 0.15) is 0 Å². The van der Waals surface area contributed by atoms with E-state index in [1.54, 1.807) is 0 Å². The number of hydrogen-bond acceptors (Lipinski definition) is 3. The Morgan fingerprint density at radius 1 is 1.00 bits per heavy atom. The van der Waals surface area contributed by atoms with E-state index in [-0.39, 0.29) is 0 Å². The zero-order chi connectivity index (χ0) is 6.95. The van der Waals surface area contributed by atoms with Gasteiger partial charge in [0.2, 0.25) is 0 Å². The molecule has 52 valence electrons. The van der Waals surface area contributed by atoms with Crippen LogP contribution in [0.1, 0.15) is 0 Å². The summed E-state index contributed by atoms with van der Waals surface area (Å²) in [7, 11) is 0. The van der Waals surface area contributed by atoms with Gasteiger partial charge in [-0.3, -0.25) is 0 Å². The fourth-order valence-corrected chi connectivity index (χ4v) is 0.250. The number of rotatable bonds is 3. The maximum atomic E-state index is 9.60. The van der Waals surface area contributed by atoms with E-state index >= 15 is 0 Å². The second kappa shape index (κ2) is 7.09. The van der Waals surface area contributed by atoms with Gasteiger partial charge in [-0.15, -0.1) is 0 Å². The van der Waals surface area contributed by atoms with E-state index in [1.807, 2.05) is 5.29 Å². The molecule has 9 heteroatoms.